The van der Waals surface area contributed by atoms with Crippen LogP contribution >= 0.6 is 12.4 Å². The predicted octanol–water partition coefficient (Wildman–Crippen LogP) is 3.13. The van der Waals surface area contributed by atoms with Gasteiger partial charge in [-0.15, -0.1) is 12.4 Å². The first kappa shape index (κ1) is 16.3. The zero-order chi connectivity index (χ0) is 13.1. The smallest absolute Gasteiger partial charge is 0.130 e. The monoisotopic (exact) mass is 290 g/mol. The van der Waals surface area contributed by atoms with Crippen molar-refractivity contribution < 1.29 is 8.78 Å². The first-order valence-corrected chi connectivity index (χ1v) is 6.48. The topological polar surface area (TPSA) is 15.3 Å². The Balaban J connectivity index is 0.00000180. The Labute approximate surface area is 119 Å². The van der Waals surface area contributed by atoms with Crippen molar-refractivity contribution in [3.05, 3.63) is 35.4 Å². The molecular formula is C14H21ClF2N2. The highest BCUT2D eigenvalue weighted by Crippen LogP contribution is 2.26. The van der Waals surface area contributed by atoms with Crippen molar-refractivity contribution >= 4 is 12.4 Å². The van der Waals surface area contributed by atoms with E-state index >= 15 is 0 Å². The third kappa shape index (κ3) is 3.88. The van der Waals surface area contributed by atoms with Crippen LogP contribution in [0.15, 0.2) is 18.2 Å². The number of benzene rings is 1. The summed E-state index contributed by atoms with van der Waals surface area (Å²) in [5, 5.41) is 3.27. The first-order chi connectivity index (χ1) is 8.61. The zero-order valence-electron chi connectivity index (χ0n) is 11.3. The Kier molecular flexibility index (Phi) is 6.17. The molecule has 1 saturated heterocycles. The summed E-state index contributed by atoms with van der Waals surface area (Å²) in [6.45, 7) is 3.88. The summed E-state index contributed by atoms with van der Waals surface area (Å²) >= 11 is 0. The molecule has 1 unspecified atom stereocenters. The second-order valence-corrected chi connectivity index (χ2v) is 4.94. The molecule has 19 heavy (non-hydrogen) atoms. The van der Waals surface area contributed by atoms with Gasteiger partial charge in [-0.25, -0.2) is 8.78 Å². The molecule has 108 valence electrons. The lowest BCUT2D eigenvalue weighted by molar-refractivity contribution is 0.153. The molecule has 0 saturated carbocycles. The van der Waals surface area contributed by atoms with Gasteiger partial charge in [-0.05, 0) is 32.9 Å². The highest BCUT2D eigenvalue weighted by molar-refractivity contribution is 5.85. The molecule has 0 spiro atoms. The van der Waals surface area contributed by atoms with Crippen molar-refractivity contribution in [3.8, 4) is 0 Å². The van der Waals surface area contributed by atoms with Crippen LogP contribution < -0.4 is 5.32 Å². The SMILES string of the molecule is CNC1CCN(C(C)c2ccc(F)cc2F)CC1.Cl. The molecule has 1 aliphatic heterocycles. The number of piperidine rings is 1. The Morgan fingerprint density at radius 1 is 1.26 bits per heavy atom. The summed E-state index contributed by atoms with van der Waals surface area (Å²) in [5.74, 6) is -0.962. The first-order valence-electron chi connectivity index (χ1n) is 6.48. The van der Waals surface area contributed by atoms with Gasteiger partial charge in [-0.3, -0.25) is 4.90 Å². The molecular weight excluding hydrogens is 270 g/mol. The van der Waals surface area contributed by atoms with Crippen molar-refractivity contribution in [2.45, 2.75) is 31.8 Å². The zero-order valence-corrected chi connectivity index (χ0v) is 12.1. The molecule has 1 atom stereocenters. The molecule has 1 fully saturated rings. The van der Waals surface area contributed by atoms with E-state index in [0.717, 1.165) is 32.0 Å². The van der Waals surface area contributed by atoms with Gasteiger partial charge >= 0.3 is 0 Å². The molecule has 0 aromatic heterocycles. The maximum Gasteiger partial charge on any atom is 0.130 e. The summed E-state index contributed by atoms with van der Waals surface area (Å²) in [6, 6.07) is 4.41. The predicted molar refractivity (Wildman–Crippen MR) is 75.7 cm³/mol. The number of rotatable bonds is 3. The van der Waals surface area contributed by atoms with E-state index in [1.807, 2.05) is 14.0 Å². The van der Waals surface area contributed by atoms with Crippen LogP contribution in [0.25, 0.3) is 0 Å². The molecule has 0 radical (unpaired) electrons. The van der Waals surface area contributed by atoms with E-state index < -0.39 is 11.6 Å². The van der Waals surface area contributed by atoms with Crippen molar-refractivity contribution in [2.75, 3.05) is 20.1 Å². The third-order valence-electron chi connectivity index (χ3n) is 3.90. The summed E-state index contributed by atoms with van der Waals surface area (Å²) in [4.78, 5) is 2.25. The van der Waals surface area contributed by atoms with E-state index in [-0.39, 0.29) is 18.4 Å². The molecule has 1 aromatic carbocycles. The summed E-state index contributed by atoms with van der Waals surface area (Å²) in [5.41, 5.74) is 0.583. The summed E-state index contributed by atoms with van der Waals surface area (Å²) in [7, 11) is 1.98. The lowest BCUT2D eigenvalue weighted by atomic mass is 10.00. The number of halogens is 3. The van der Waals surface area contributed by atoms with E-state index in [0.29, 0.717) is 11.6 Å². The van der Waals surface area contributed by atoms with Gasteiger partial charge in [-0.2, -0.15) is 0 Å². The van der Waals surface area contributed by atoms with Gasteiger partial charge in [0.05, 0.1) is 0 Å². The number of likely N-dealkylation sites (tertiary alicyclic amines) is 1. The highest BCUT2D eigenvalue weighted by Gasteiger charge is 2.24. The van der Waals surface area contributed by atoms with Crippen LogP contribution in [0.2, 0.25) is 0 Å². The van der Waals surface area contributed by atoms with Crippen LogP contribution in [0.4, 0.5) is 8.78 Å². The number of nitrogens with one attached hydrogen (secondary N) is 1. The van der Waals surface area contributed by atoms with E-state index in [9.17, 15) is 8.78 Å². The van der Waals surface area contributed by atoms with Crippen LogP contribution in [0.5, 0.6) is 0 Å². The molecule has 0 amide bonds. The van der Waals surface area contributed by atoms with E-state index in [1.165, 1.54) is 6.07 Å². The maximum atomic E-state index is 13.7. The van der Waals surface area contributed by atoms with Crippen molar-refractivity contribution in [1.29, 1.82) is 0 Å². The second kappa shape index (κ2) is 7.17. The molecule has 5 heteroatoms. The average Bonchev–Trinajstić information content (AvgIpc) is 2.38. The second-order valence-electron chi connectivity index (χ2n) is 4.94. The molecule has 1 N–H and O–H groups in total. The number of hydrogen-bond donors (Lipinski definition) is 1. The minimum atomic E-state index is -0.516. The Morgan fingerprint density at radius 3 is 2.42 bits per heavy atom. The molecule has 1 aliphatic rings. The fourth-order valence-electron chi connectivity index (χ4n) is 2.61. The van der Waals surface area contributed by atoms with Gasteiger partial charge in [0.15, 0.2) is 0 Å². The molecule has 2 rings (SSSR count). The largest absolute Gasteiger partial charge is 0.317 e. The van der Waals surface area contributed by atoms with E-state index in [2.05, 4.69) is 10.2 Å². The number of nitrogens with zero attached hydrogens (tertiary/aromatic N) is 1. The number of hydrogen-bond acceptors (Lipinski definition) is 2. The van der Waals surface area contributed by atoms with Gasteiger partial charge in [-0.1, -0.05) is 6.07 Å². The standard InChI is InChI=1S/C14H20F2N2.ClH/c1-10(13-4-3-11(15)9-14(13)16)18-7-5-12(17-2)6-8-18;/h3-4,9-10,12,17H,5-8H2,1-2H3;1H. The lowest BCUT2D eigenvalue weighted by Crippen LogP contribution is -2.42. The van der Waals surface area contributed by atoms with Gasteiger partial charge in [0.25, 0.3) is 0 Å². The van der Waals surface area contributed by atoms with Crippen LogP contribution in [0.1, 0.15) is 31.4 Å². The molecule has 2 nitrogen and oxygen atoms in total. The van der Waals surface area contributed by atoms with Gasteiger partial charge in [0.1, 0.15) is 11.6 Å². The minimum Gasteiger partial charge on any atom is -0.317 e. The van der Waals surface area contributed by atoms with Crippen LogP contribution in [0.3, 0.4) is 0 Å². The Morgan fingerprint density at radius 2 is 1.89 bits per heavy atom. The van der Waals surface area contributed by atoms with Crippen molar-refractivity contribution in [2.24, 2.45) is 0 Å². The van der Waals surface area contributed by atoms with Gasteiger partial charge in [0, 0.05) is 36.8 Å². The molecule has 0 bridgehead atoms. The lowest BCUT2D eigenvalue weighted by Gasteiger charge is -2.36. The summed E-state index contributed by atoms with van der Waals surface area (Å²) < 4.78 is 26.6. The van der Waals surface area contributed by atoms with E-state index in [4.69, 9.17) is 0 Å². The van der Waals surface area contributed by atoms with Crippen molar-refractivity contribution in [1.82, 2.24) is 10.2 Å². The van der Waals surface area contributed by atoms with Crippen LogP contribution in [-0.2, 0) is 0 Å². The molecule has 0 aliphatic carbocycles. The Hall–Kier alpha value is -0.710. The average molecular weight is 291 g/mol. The maximum absolute atomic E-state index is 13.7. The highest BCUT2D eigenvalue weighted by atomic mass is 35.5. The minimum absolute atomic E-state index is 0. The normalized spacial score (nSPS) is 18.9. The van der Waals surface area contributed by atoms with E-state index in [1.54, 1.807) is 6.07 Å². The summed E-state index contributed by atoms with van der Waals surface area (Å²) in [6.07, 6.45) is 2.15. The quantitative estimate of drug-likeness (QED) is 0.920. The van der Waals surface area contributed by atoms with Gasteiger partial charge in [0.2, 0.25) is 0 Å². The molecule has 1 heterocycles. The molecule has 1 aromatic rings. The van der Waals surface area contributed by atoms with Crippen LogP contribution in [-0.4, -0.2) is 31.1 Å². The van der Waals surface area contributed by atoms with Crippen molar-refractivity contribution in [3.63, 3.8) is 0 Å². The van der Waals surface area contributed by atoms with Gasteiger partial charge < -0.3 is 5.32 Å². The third-order valence-corrected chi connectivity index (χ3v) is 3.90. The Bertz CT molecular complexity index is 406. The fourth-order valence-corrected chi connectivity index (χ4v) is 2.61. The fraction of sp³-hybridized carbons (Fsp3) is 0.571. The van der Waals surface area contributed by atoms with Crippen LogP contribution in [0, 0.1) is 11.6 Å².